The molecule has 2 aromatic heterocycles. The molecule has 32 heavy (non-hydrogen) atoms. The normalized spacial score (nSPS) is 25.2. The van der Waals surface area contributed by atoms with Crippen LogP contribution in [0.4, 0.5) is 8.78 Å². The van der Waals surface area contributed by atoms with Crippen molar-refractivity contribution in [2.24, 2.45) is 5.41 Å². The van der Waals surface area contributed by atoms with Gasteiger partial charge in [0.2, 0.25) is 0 Å². The van der Waals surface area contributed by atoms with Crippen LogP contribution in [0.25, 0.3) is 11.8 Å². The SMILES string of the molecule is CC[C@]12Cc3cnn(-c4ccc(F)cc4)c3C=C1CC[C@@]2(O)CC(O)c1ccc(F)cn1. The fourth-order valence-corrected chi connectivity index (χ4v) is 5.55. The van der Waals surface area contributed by atoms with Crippen molar-refractivity contribution < 1.29 is 19.0 Å². The van der Waals surface area contributed by atoms with E-state index >= 15 is 0 Å². The van der Waals surface area contributed by atoms with Crippen LogP contribution < -0.4 is 0 Å². The first-order chi connectivity index (χ1) is 15.3. The van der Waals surface area contributed by atoms with Crippen LogP contribution in [0.5, 0.6) is 0 Å². The van der Waals surface area contributed by atoms with E-state index in [-0.39, 0.29) is 12.2 Å². The molecule has 3 aromatic rings. The third kappa shape index (κ3) is 3.19. The number of hydrogen-bond donors (Lipinski definition) is 2. The summed E-state index contributed by atoms with van der Waals surface area (Å²) in [4.78, 5) is 3.99. The maximum Gasteiger partial charge on any atom is 0.141 e. The van der Waals surface area contributed by atoms with E-state index in [0.717, 1.165) is 28.7 Å². The van der Waals surface area contributed by atoms with Crippen molar-refractivity contribution in [2.45, 2.75) is 50.7 Å². The molecule has 0 bridgehead atoms. The largest absolute Gasteiger partial charge is 0.389 e. The Kier molecular flexibility index (Phi) is 4.98. The zero-order valence-corrected chi connectivity index (χ0v) is 17.8. The Bertz CT molecular complexity index is 1170. The monoisotopic (exact) mass is 437 g/mol. The van der Waals surface area contributed by atoms with Gasteiger partial charge in [0.25, 0.3) is 0 Å². The van der Waals surface area contributed by atoms with Crippen LogP contribution in [0.15, 0.2) is 54.4 Å². The molecule has 0 aliphatic heterocycles. The lowest BCUT2D eigenvalue weighted by Gasteiger charge is -2.45. The van der Waals surface area contributed by atoms with Crippen molar-refractivity contribution in [3.05, 3.63) is 83.0 Å². The van der Waals surface area contributed by atoms with Gasteiger partial charge in [-0.25, -0.2) is 13.5 Å². The van der Waals surface area contributed by atoms with Gasteiger partial charge in [-0.2, -0.15) is 5.10 Å². The molecule has 7 heteroatoms. The van der Waals surface area contributed by atoms with E-state index < -0.39 is 22.9 Å². The second kappa shape index (κ2) is 7.60. The van der Waals surface area contributed by atoms with Crippen LogP contribution in [0.2, 0.25) is 0 Å². The fraction of sp³-hybridized carbons (Fsp3) is 0.360. The number of benzene rings is 1. The number of aliphatic hydroxyl groups is 2. The lowest BCUT2D eigenvalue weighted by molar-refractivity contribution is -0.0834. The minimum Gasteiger partial charge on any atom is -0.389 e. The van der Waals surface area contributed by atoms with Crippen LogP contribution in [0.3, 0.4) is 0 Å². The van der Waals surface area contributed by atoms with Gasteiger partial charge >= 0.3 is 0 Å². The smallest absolute Gasteiger partial charge is 0.141 e. The van der Waals surface area contributed by atoms with Crippen molar-refractivity contribution in [2.75, 3.05) is 0 Å². The third-order valence-electron chi connectivity index (χ3n) is 7.30. The van der Waals surface area contributed by atoms with E-state index in [0.29, 0.717) is 31.4 Å². The highest BCUT2D eigenvalue weighted by atomic mass is 19.1. The van der Waals surface area contributed by atoms with Crippen molar-refractivity contribution in [1.29, 1.82) is 0 Å². The van der Waals surface area contributed by atoms with Crippen LogP contribution in [-0.2, 0) is 6.42 Å². The van der Waals surface area contributed by atoms with Gasteiger partial charge in [0, 0.05) is 11.8 Å². The summed E-state index contributed by atoms with van der Waals surface area (Å²) in [6.07, 6.45) is 6.66. The molecule has 5 rings (SSSR count). The number of fused-ring (bicyclic) bond motifs is 2. The molecule has 3 atom stereocenters. The van der Waals surface area contributed by atoms with Gasteiger partial charge in [-0.3, -0.25) is 4.98 Å². The Morgan fingerprint density at radius 1 is 1.09 bits per heavy atom. The van der Waals surface area contributed by atoms with E-state index in [1.54, 1.807) is 23.0 Å². The molecule has 2 aliphatic carbocycles. The fourth-order valence-electron chi connectivity index (χ4n) is 5.55. The Morgan fingerprint density at radius 3 is 2.53 bits per heavy atom. The zero-order valence-electron chi connectivity index (χ0n) is 17.8. The van der Waals surface area contributed by atoms with E-state index in [2.05, 4.69) is 23.1 Å². The first kappa shape index (κ1) is 21.0. The molecule has 0 spiro atoms. The molecule has 1 unspecified atom stereocenters. The Labute approximate surface area is 185 Å². The number of nitrogens with zero attached hydrogens (tertiary/aromatic N) is 3. The number of halogens is 2. The number of pyridine rings is 1. The average Bonchev–Trinajstić information content (AvgIpc) is 3.32. The topological polar surface area (TPSA) is 71.2 Å². The number of rotatable bonds is 5. The summed E-state index contributed by atoms with van der Waals surface area (Å²) < 4.78 is 28.4. The van der Waals surface area contributed by atoms with Crippen molar-refractivity contribution >= 4 is 6.08 Å². The molecule has 5 nitrogen and oxygen atoms in total. The lowest BCUT2D eigenvalue weighted by Crippen LogP contribution is -2.48. The maximum absolute atomic E-state index is 13.4. The summed E-state index contributed by atoms with van der Waals surface area (Å²) in [6, 6.07) is 8.94. The predicted octanol–water partition coefficient (Wildman–Crippen LogP) is 4.53. The van der Waals surface area contributed by atoms with E-state index in [1.807, 2.05) is 0 Å². The molecule has 166 valence electrons. The summed E-state index contributed by atoms with van der Waals surface area (Å²) in [6.45, 7) is 2.06. The van der Waals surface area contributed by atoms with Crippen molar-refractivity contribution in [3.63, 3.8) is 0 Å². The number of aliphatic hydroxyl groups excluding tert-OH is 1. The number of hydrogen-bond acceptors (Lipinski definition) is 4. The summed E-state index contributed by atoms with van der Waals surface area (Å²) in [5, 5.41) is 27.2. The Balaban J connectivity index is 1.48. The van der Waals surface area contributed by atoms with Crippen LogP contribution in [0, 0.1) is 17.0 Å². The lowest BCUT2D eigenvalue weighted by atomic mass is 9.62. The average molecular weight is 437 g/mol. The van der Waals surface area contributed by atoms with Gasteiger partial charge in [0.15, 0.2) is 0 Å². The van der Waals surface area contributed by atoms with Crippen LogP contribution in [-0.4, -0.2) is 30.6 Å². The first-order valence-electron chi connectivity index (χ1n) is 10.9. The van der Waals surface area contributed by atoms with Gasteiger partial charge < -0.3 is 10.2 Å². The Morgan fingerprint density at radius 2 is 1.84 bits per heavy atom. The highest BCUT2D eigenvalue weighted by Gasteiger charge is 2.57. The van der Waals surface area contributed by atoms with Gasteiger partial charge in [-0.1, -0.05) is 12.5 Å². The molecular weight excluding hydrogens is 412 g/mol. The molecule has 1 aromatic carbocycles. The molecule has 0 saturated heterocycles. The van der Waals surface area contributed by atoms with E-state index in [1.165, 1.54) is 24.3 Å². The zero-order chi connectivity index (χ0) is 22.5. The van der Waals surface area contributed by atoms with Crippen LogP contribution in [0.1, 0.15) is 55.7 Å². The highest BCUT2D eigenvalue weighted by Crippen LogP contribution is 2.59. The van der Waals surface area contributed by atoms with Crippen molar-refractivity contribution in [3.8, 4) is 5.69 Å². The summed E-state index contributed by atoms with van der Waals surface area (Å²) in [7, 11) is 0. The molecule has 2 heterocycles. The van der Waals surface area contributed by atoms with Gasteiger partial charge in [0.05, 0.1) is 41.2 Å². The molecular formula is C25H25F2N3O2. The van der Waals surface area contributed by atoms with Gasteiger partial charge in [-0.05, 0) is 73.7 Å². The molecule has 1 fully saturated rings. The summed E-state index contributed by atoms with van der Waals surface area (Å²) >= 11 is 0. The molecule has 0 amide bonds. The summed E-state index contributed by atoms with van der Waals surface area (Å²) in [5.41, 5.74) is 2.58. The highest BCUT2D eigenvalue weighted by molar-refractivity contribution is 5.63. The standard InChI is InChI=1S/C25H25F2N3O2/c1-2-24-12-16-14-29-30(20-6-3-18(26)4-7-20)22(16)11-17(24)9-10-25(24,32)13-23(31)21-8-5-19(27)15-28-21/h3-8,11,14-15,23,31-32H,2,9-10,12-13H2,1H3/t23?,24-,25+/m0/s1. The molecule has 1 saturated carbocycles. The molecule has 0 radical (unpaired) electrons. The predicted molar refractivity (Wildman–Crippen MR) is 116 cm³/mol. The van der Waals surface area contributed by atoms with E-state index in [9.17, 15) is 19.0 Å². The minimum atomic E-state index is -1.13. The van der Waals surface area contributed by atoms with Crippen LogP contribution >= 0.6 is 0 Å². The first-order valence-corrected chi connectivity index (χ1v) is 10.9. The summed E-state index contributed by atoms with van der Waals surface area (Å²) in [5.74, 6) is -0.762. The molecule has 2 N–H and O–H groups in total. The van der Waals surface area contributed by atoms with Gasteiger partial charge in [-0.15, -0.1) is 0 Å². The molecule has 2 aliphatic rings. The number of aromatic nitrogens is 3. The maximum atomic E-state index is 13.4. The van der Waals surface area contributed by atoms with Gasteiger partial charge in [0.1, 0.15) is 11.6 Å². The van der Waals surface area contributed by atoms with Crippen molar-refractivity contribution in [1.82, 2.24) is 14.8 Å². The quantitative estimate of drug-likeness (QED) is 0.615. The third-order valence-corrected chi connectivity index (χ3v) is 7.30. The van der Waals surface area contributed by atoms with E-state index in [4.69, 9.17) is 0 Å². The Hall–Kier alpha value is -2.90. The second-order valence-corrected chi connectivity index (χ2v) is 8.88. The minimum absolute atomic E-state index is 0.123. The second-order valence-electron chi connectivity index (χ2n) is 8.88.